The van der Waals surface area contributed by atoms with Gasteiger partial charge in [0.15, 0.2) is 0 Å². The van der Waals surface area contributed by atoms with E-state index in [-0.39, 0.29) is 0 Å². The van der Waals surface area contributed by atoms with Gasteiger partial charge in [0.05, 0.1) is 19.4 Å². The van der Waals surface area contributed by atoms with Crippen molar-refractivity contribution < 1.29 is 55.3 Å². The van der Waals surface area contributed by atoms with Crippen molar-refractivity contribution in [3.05, 3.63) is 24.2 Å². The molecule has 0 amide bonds. The molecule has 1 unspecified atom stereocenters. The van der Waals surface area contributed by atoms with E-state index in [4.69, 9.17) is 29.0 Å². The molecule has 212 valence electrons. The van der Waals surface area contributed by atoms with Gasteiger partial charge in [-0.1, -0.05) is 6.42 Å². The highest BCUT2D eigenvalue weighted by atomic mass is 19.4. The lowest BCUT2D eigenvalue weighted by Crippen LogP contribution is -2.50. The maximum atomic E-state index is 10.6. The van der Waals surface area contributed by atoms with Crippen LogP contribution >= 0.6 is 0 Å². The fourth-order valence-corrected chi connectivity index (χ4v) is 4.97. The number of methoxy groups -OCH3 is 1. The molecule has 8 nitrogen and oxygen atoms in total. The van der Waals surface area contributed by atoms with Gasteiger partial charge in [-0.05, 0) is 56.3 Å². The first kappa shape index (κ1) is 30.9. The van der Waals surface area contributed by atoms with Crippen molar-refractivity contribution in [2.75, 3.05) is 39.9 Å². The molecular weight excluding hydrogens is 514 g/mol. The van der Waals surface area contributed by atoms with E-state index in [0.29, 0.717) is 11.3 Å². The van der Waals surface area contributed by atoms with Crippen LogP contribution in [0.3, 0.4) is 0 Å². The normalized spacial score (nSPS) is 22.4. The van der Waals surface area contributed by atoms with E-state index >= 15 is 0 Å². The number of carboxylic acid groups (broad SMARTS) is 2. The van der Waals surface area contributed by atoms with E-state index in [1.165, 1.54) is 51.7 Å². The van der Waals surface area contributed by atoms with E-state index in [9.17, 15) is 26.3 Å². The summed E-state index contributed by atoms with van der Waals surface area (Å²) < 4.78 is 74.6. The molecule has 1 aromatic heterocycles. The zero-order chi connectivity index (χ0) is 27.9. The third-order valence-electron chi connectivity index (χ3n) is 7.08. The summed E-state index contributed by atoms with van der Waals surface area (Å²) in [6.07, 6.45) is -1.41. The Balaban J connectivity index is 0.000000286. The van der Waals surface area contributed by atoms with Gasteiger partial charge in [-0.3, -0.25) is 4.90 Å². The van der Waals surface area contributed by atoms with Crippen LogP contribution in [0.1, 0.15) is 37.9 Å². The molecule has 0 bridgehead atoms. The number of nitrogens with zero attached hydrogens (tertiary/aromatic N) is 2. The topological polar surface area (TPSA) is 103 Å². The molecule has 1 spiro atoms. The average molecular weight is 547 g/mol. The van der Waals surface area contributed by atoms with Crippen LogP contribution in [-0.2, 0) is 20.9 Å². The summed E-state index contributed by atoms with van der Waals surface area (Å²) in [6.45, 7) is 6.79. The molecule has 0 radical (unpaired) electrons. The predicted molar refractivity (Wildman–Crippen MR) is 118 cm³/mol. The Kier molecular flexibility index (Phi) is 10.8. The van der Waals surface area contributed by atoms with Crippen LogP contribution < -0.4 is 0 Å². The van der Waals surface area contributed by atoms with Crippen molar-refractivity contribution in [2.24, 2.45) is 11.3 Å². The number of carboxylic acids is 2. The minimum atomic E-state index is -5.08. The highest BCUT2D eigenvalue weighted by Crippen LogP contribution is 2.46. The minimum Gasteiger partial charge on any atom is -0.475 e. The Morgan fingerprint density at radius 2 is 1.62 bits per heavy atom. The summed E-state index contributed by atoms with van der Waals surface area (Å²) in [5, 5.41) is 14.2. The summed E-state index contributed by atoms with van der Waals surface area (Å²) in [5.41, 5.74) is 0.461. The standard InChI is InChI=1S/C19H30N2O2.2C2HF3O2/c1-22-14-16-12-20(13-18-6-3-11-23-18)15-19(16)7-9-21(10-8-19)17-4-2-5-17;2*3-2(4,5)1(6)7/h3,6,11,16-17H,2,4-5,7-10,12-15H2,1H3;2*(H,6,7). The van der Waals surface area contributed by atoms with Gasteiger partial charge < -0.3 is 24.3 Å². The van der Waals surface area contributed by atoms with Gasteiger partial charge in [0.25, 0.3) is 0 Å². The third-order valence-corrected chi connectivity index (χ3v) is 7.08. The van der Waals surface area contributed by atoms with E-state index in [1.807, 2.05) is 13.2 Å². The van der Waals surface area contributed by atoms with Crippen molar-refractivity contribution in [3.8, 4) is 0 Å². The molecular formula is C23H32F6N2O6. The smallest absolute Gasteiger partial charge is 0.475 e. The van der Waals surface area contributed by atoms with Crippen LogP contribution in [0.2, 0.25) is 0 Å². The Labute approximate surface area is 210 Å². The second-order valence-electron chi connectivity index (χ2n) is 9.49. The molecule has 2 aliphatic heterocycles. The SMILES string of the molecule is COCC1CN(Cc2ccco2)CC12CCN(C1CCC1)CC2.O=C(O)C(F)(F)F.O=C(O)C(F)(F)F. The van der Waals surface area contributed by atoms with Crippen LogP contribution in [0.15, 0.2) is 22.8 Å². The lowest BCUT2D eigenvalue weighted by atomic mass is 9.70. The van der Waals surface area contributed by atoms with Crippen molar-refractivity contribution in [2.45, 2.75) is 57.0 Å². The number of ether oxygens (including phenoxy) is 1. The zero-order valence-corrected chi connectivity index (χ0v) is 20.4. The van der Waals surface area contributed by atoms with E-state index < -0.39 is 24.3 Å². The molecule has 1 saturated carbocycles. The molecule has 14 heteroatoms. The molecule has 1 atom stereocenters. The second kappa shape index (κ2) is 13.0. The van der Waals surface area contributed by atoms with Gasteiger partial charge in [0.2, 0.25) is 0 Å². The number of rotatable bonds is 5. The fraction of sp³-hybridized carbons (Fsp3) is 0.739. The van der Waals surface area contributed by atoms with Gasteiger partial charge >= 0.3 is 24.3 Å². The van der Waals surface area contributed by atoms with Gasteiger partial charge in [0, 0.05) is 32.2 Å². The number of hydrogen-bond acceptors (Lipinski definition) is 6. The monoisotopic (exact) mass is 546 g/mol. The molecule has 3 aliphatic rings. The van der Waals surface area contributed by atoms with E-state index in [1.54, 1.807) is 6.26 Å². The van der Waals surface area contributed by atoms with Crippen molar-refractivity contribution in [3.63, 3.8) is 0 Å². The summed E-state index contributed by atoms with van der Waals surface area (Å²) in [4.78, 5) is 23.1. The summed E-state index contributed by atoms with van der Waals surface area (Å²) in [5.74, 6) is -3.75. The molecule has 37 heavy (non-hydrogen) atoms. The lowest BCUT2D eigenvalue weighted by Gasteiger charge is -2.47. The first-order chi connectivity index (χ1) is 17.2. The fourth-order valence-electron chi connectivity index (χ4n) is 4.97. The van der Waals surface area contributed by atoms with Gasteiger partial charge in [-0.15, -0.1) is 0 Å². The second-order valence-corrected chi connectivity index (χ2v) is 9.49. The first-order valence-corrected chi connectivity index (χ1v) is 11.8. The predicted octanol–water partition coefficient (Wildman–Crippen LogP) is 4.26. The largest absolute Gasteiger partial charge is 0.490 e. The number of hydrogen-bond donors (Lipinski definition) is 2. The lowest BCUT2D eigenvalue weighted by molar-refractivity contribution is -0.193. The van der Waals surface area contributed by atoms with Crippen LogP contribution in [0.25, 0.3) is 0 Å². The Morgan fingerprint density at radius 3 is 2.00 bits per heavy atom. The summed E-state index contributed by atoms with van der Waals surface area (Å²) in [7, 11) is 1.85. The summed E-state index contributed by atoms with van der Waals surface area (Å²) >= 11 is 0. The van der Waals surface area contributed by atoms with Crippen molar-refractivity contribution in [1.29, 1.82) is 0 Å². The quantitative estimate of drug-likeness (QED) is 0.529. The maximum Gasteiger partial charge on any atom is 0.490 e. The van der Waals surface area contributed by atoms with Crippen molar-refractivity contribution in [1.82, 2.24) is 9.80 Å². The highest BCUT2D eigenvalue weighted by molar-refractivity contribution is 5.73. The first-order valence-electron chi connectivity index (χ1n) is 11.8. The molecule has 2 saturated heterocycles. The molecule has 3 fully saturated rings. The number of carbonyl (C=O) groups is 2. The maximum absolute atomic E-state index is 10.6. The summed E-state index contributed by atoms with van der Waals surface area (Å²) in [6, 6.07) is 4.98. The number of alkyl halides is 6. The number of halogens is 6. The average Bonchev–Trinajstić information content (AvgIpc) is 3.37. The number of furan rings is 1. The van der Waals surface area contributed by atoms with Crippen LogP contribution in [-0.4, -0.2) is 90.2 Å². The Hall–Kier alpha value is -2.32. The molecule has 4 rings (SSSR count). The van der Waals surface area contributed by atoms with Crippen LogP contribution in [0, 0.1) is 11.3 Å². The zero-order valence-electron chi connectivity index (χ0n) is 20.4. The Bertz CT molecular complexity index is 825. The number of aliphatic carboxylic acids is 2. The van der Waals surface area contributed by atoms with Crippen molar-refractivity contribution >= 4 is 11.9 Å². The van der Waals surface area contributed by atoms with Gasteiger partial charge in [-0.25, -0.2) is 9.59 Å². The minimum absolute atomic E-state index is 0.461. The molecule has 1 aliphatic carbocycles. The highest BCUT2D eigenvalue weighted by Gasteiger charge is 2.48. The van der Waals surface area contributed by atoms with Crippen LogP contribution in [0.5, 0.6) is 0 Å². The van der Waals surface area contributed by atoms with Crippen LogP contribution in [0.4, 0.5) is 26.3 Å². The molecule has 0 aromatic carbocycles. The van der Waals surface area contributed by atoms with Gasteiger partial charge in [0.1, 0.15) is 5.76 Å². The third kappa shape index (κ3) is 9.18. The van der Waals surface area contributed by atoms with E-state index in [2.05, 4.69) is 15.9 Å². The van der Waals surface area contributed by atoms with E-state index in [0.717, 1.165) is 31.5 Å². The molecule has 3 heterocycles. The molecule has 1 aromatic rings. The number of likely N-dealkylation sites (tertiary alicyclic amines) is 2. The Morgan fingerprint density at radius 1 is 1.08 bits per heavy atom. The number of piperidine rings is 1. The molecule has 2 N–H and O–H groups in total. The van der Waals surface area contributed by atoms with Gasteiger partial charge in [-0.2, -0.15) is 26.3 Å².